The lowest BCUT2D eigenvalue weighted by Crippen LogP contribution is -2.35. The molecule has 2 rings (SSSR count). The maximum atomic E-state index is 12.3. The molecule has 4 nitrogen and oxygen atoms in total. The van der Waals surface area contributed by atoms with Crippen LogP contribution in [0.1, 0.15) is 43.2 Å². The van der Waals surface area contributed by atoms with Crippen molar-refractivity contribution >= 4 is 5.91 Å². The van der Waals surface area contributed by atoms with Crippen molar-refractivity contribution in [1.82, 2.24) is 4.90 Å². The molecule has 1 aliphatic rings. The van der Waals surface area contributed by atoms with Crippen molar-refractivity contribution in [3.05, 3.63) is 29.3 Å². The number of rotatable bonds is 5. The molecular formula is C17H25NO3. The third kappa shape index (κ3) is 3.97. The second-order valence-corrected chi connectivity index (χ2v) is 6.16. The molecule has 0 bridgehead atoms. The van der Waals surface area contributed by atoms with E-state index in [-0.39, 0.29) is 12.3 Å². The van der Waals surface area contributed by atoms with Gasteiger partial charge >= 0.3 is 0 Å². The van der Waals surface area contributed by atoms with Gasteiger partial charge in [0.25, 0.3) is 0 Å². The number of benzene rings is 1. The maximum absolute atomic E-state index is 12.3. The Kier molecular flexibility index (Phi) is 4.88. The number of hydrogen-bond acceptors (Lipinski definition) is 3. The van der Waals surface area contributed by atoms with E-state index in [1.165, 1.54) is 0 Å². The number of carbonyl (C=O) groups excluding carboxylic acids is 1. The normalized spacial score (nSPS) is 16.8. The molecule has 1 amide bonds. The van der Waals surface area contributed by atoms with Gasteiger partial charge in [0, 0.05) is 13.6 Å². The molecule has 0 aliphatic heterocycles. The highest BCUT2D eigenvalue weighted by Crippen LogP contribution is 2.32. The van der Waals surface area contributed by atoms with Crippen LogP contribution in [0.2, 0.25) is 0 Å². The molecule has 1 aromatic carbocycles. The third-order valence-corrected chi connectivity index (χ3v) is 4.32. The first kappa shape index (κ1) is 15.8. The average Bonchev–Trinajstić information content (AvgIpc) is 2.85. The van der Waals surface area contributed by atoms with Crippen LogP contribution in [0.4, 0.5) is 0 Å². The Balaban J connectivity index is 1.95. The summed E-state index contributed by atoms with van der Waals surface area (Å²) in [7, 11) is 3.44. The van der Waals surface area contributed by atoms with Gasteiger partial charge in [-0.05, 0) is 37.0 Å². The second-order valence-electron chi connectivity index (χ2n) is 6.16. The Labute approximate surface area is 126 Å². The standard InChI is InChI=1S/C17H25NO3/c1-13-10-14(6-7-15(13)21-3)12-18(2)16(19)11-17(20)8-4-5-9-17/h6-7,10,20H,4-5,8-9,11-12H2,1-3H3. The highest BCUT2D eigenvalue weighted by atomic mass is 16.5. The first-order valence-corrected chi connectivity index (χ1v) is 7.53. The lowest BCUT2D eigenvalue weighted by Gasteiger charge is -2.25. The molecule has 116 valence electrons. The van der Waals surface area contributed by atoms with Crippen LogP contribution in [0.25, 0.3) is 0 Å². The minimum atomic E-state index is -0.777. The van der Waals surface area contributed by atoms with Crippen molar-refractivity contribution in [2.75, 3.05) is 14.2 Å². The summed E-state index contributed by atoms with van der Waals surface area (Å²) in [6.07, 6.45) is 3.76. The van der Waals surface area contributed by atoms with Gasteiger partial charge in [-0.2, -0.15) is 0 Å². The van der Waals surface area contributed by atoms with Gasteiger partial charge in [-0.25, -0.2) is 0 Å². The van der Waals surface area contributed by atoms with Crippen molar-refractivity contribution in [1.29, 1.82) is 0 Å². The Hall–Kier alpha value is -1.55. The number of ether oxygens (including phenoxy) is 1. The topological polar surface area (TPSA) is 49.8 Å². The third-order valence-electron chi connectivity index (χ3n) is 4.32. The summed E-state index contributed by atoms with van der Waals surface area (Å²) >= 11 is 0. The Morgan fingerprint density at radius 2 is 2.05 bits per heavy atom. The molecule has 1 N–H and O–H groups in total. The summed E-state index contributed by atoms with van der Waals surface area (Å²) in [5.74, 6) is 0.862. The molecule has 0 saturated heterocycles. The van der Waals surface area contributed by atoms with E-state index < -0.39 is 5.60 Å². The van der Waals surface area contributed by atoms with E-state index in [1.54, 1.807) is 19.1 Å². The number of carbonyl (C=O) groups is 1. The van der Waals surface area contributed by atoms with E-state index in [1.807, 2.05) is 25.1 Å². The number of nitrogens with zero attached hydrogens (tertiary/aromatic N) is 1. The Morgan fingerprint density at radius 1 is 1.38 bits per heavy atom. The summed E-state index contributed by atoms with van der Waals surface area (Å²) in [5, 5.41) is 10.3. The summed E-state index contributed by atoms with van der Waals surface area (Å²) in [6, 6.07) is 5.93. The maximum Gasteiger partial charge on any atom is 0.225 e. The predicted octanol–water partition coefficient (Wildman–Crippen LogP) is 2.66. The van der Waals surface area contributed by atoms with E-state index in [0.29, 0.717) is 6.54 Å². The van der Waals surface area contributed by atoms with Crippen LogP contribution >= 0.6 is 0 Å². The van der Waals surface area contributed by atoms with Crippen LogP contribution in [0.3, 0.4) is 0 Å². The number of aliphatic hydroxyl groups is 1. The number of hydrogen-bond donors (Lipinski definition) is 1. The first-order valence-electron chi connectivity index (χ1n) is 7.53. The van der Waals surface area contributed by atoms with Crippen molar-refractivity contribution < 1.29 is 14.6 Å². The number of aryl methyl sites for hydroxylation is 1. The number of amides is 1. The van der Waals surface area contributed by atoms with E-state index in [2.05, 4.69) is 0 Å². The molecule has 21 heavy (non-hydrogen) atoms. The lowest BCUT2D eigenvalue weighted by atomic mass is 9.97. The smallest absolute Gasteiger partial charge is 0.225 e. The van der Waals surface area contributed by atoms with Gasteiger partial charge in [0.15, 0.2) is 0 Å². The highest BCUT2D eigenvalue weighted by molar-refractivity contribution is 5.77. The Bertz CT molecular complexity index is 507. The molecule has 0 atom stereocenters. The molecule has 1 fully saturated rings. The fraction of sp³-hybridized carbons (Fsp3) is 0.588. The van der Waals surface area contributed by atoms with Gasteiger partial charge < -0.3 is 14.7 Å². The molecular weight excluding hydrogens is 266 g/mol. The summed E-state index contributed by atoms with van der Waals surface area (Å²) in [4.78, 5) is 13.9. The molecule has 0 radical (unpaired) electrons. The molecule has 4 heteroatoms. The van der Waals surface area contributed by atoms with Crippen LogP contribution in [-0.2, 0) is 11.3 Å². The zero-order chi connectivity index (χ0) is 15.5. The molecule has 0 unspecified atom stereocenters. The second kappa shape index (κ2) is 6.48. The molecule has 0 spiro atoms. The average molecular weight is 291 g/mol. The molecule has 0 aromatic heterocycles. The molecule has 1 aliphatic carbocycles. The van der Waals surface area contributed by atoms with Gasteiger partial charge in [0.1, 0.15) is 5.75 Å². The molecule has 1 aromatic rings. The largest absolute Gasteiger partial charge is 0.496 e. The van der Waals surface area contributed by atoms with Crippen LogP contribution < -0.4 is 4.74 Å². The SMILES string of the molecule is COc1ccc(CN(C)C(=O)CC2(O)CCCC2)cc1C. The molecule has 0 heterocycles. The zero-order valence-electron chi connectivity index (χ0n) is 13.2. The quantitative estimate of drug-likeness (QED) is 0.907. The first-order chi connectivity index (χ1) is 9.93. The number of methoxy groups -OCH3 is 1. The van der Waals surface area contributed by atoms with Crippen molar-refractivity contribution in [2.24, 2.45) is 0 Å². The lowest BCUT2D eigenvalue weighted by molar-refractivity contribution is -0.135. The van der Waals surface area contributed by atoms with Gasteiger partial charge in [-0.3, -0.25) is 4.79 Å². The van der Waals surface area contributed by atoms with Crippen molar-refractivity contribution in [2.45, 2.75) is 51.2 Å². The Morgan fingerprint density at radius 3 is 2.62 bits per heavy atom. The van der Waals surface area contributed by atoms with Crippen LogP contribution in [-0.4, -0.2) is 35.7 Å². The van der Waals surface area contributed by atoms with E-state index in [4.69, 9.17) is 4.74 Å². The van der Waals surface area contributed by atoms with Gasteiger partial charge in [-0.1, -0.05) is 25.0 Å². The van der Waals surface area contributed by atoms with Gasteiger partial charge in [0.05, 0.1) is 19.1 Å². The monoisotopic (exact) mass is 291 g/mol. The fourth-order valence-electron chi connectivity index (χ4n) is 3.03. The highest BCUT2D eigenvalue weighted by Gasteiger charge is 2.34. The van der Waals surface area contributed by atoms with E-state index in [0.717, 1.165) is 42.6 Å². The van der Waals surface area contributed by atoms with Crippen LogP contribution in [0.15, 0.2) is 18.2 Å². The summed E-state index contributed by atoms with van der Waals surface area (Å²) in [5.41, 5.74) is 1.36. The van der Waals surface area contributed by atoms with Crippen molar-refractivity contribution in [3.63, 3.8) is 0 Å². The van der Waals surface area contributed by atoms with E-state index >= 15 is 0 Å². The predicted molar refractivity (Wildman–Crippen MR) is 82.2 cm³/mol. The van der Waals surface area contributed by atoms with E-state index in [9.17, 15) is 9.90 Å². The van der Waals surface area contributed by atoms with Gasteiger partial charge in [0.2, 0.25) is 5.91 Å². The zero-order valence-corrected chi connectivity index (χ0v) is 13.2. The molecule has 1 saturated carbocycles. The summed E-state index contributed by atoms with van der Waals surface area (Å²) < 4.78 is 5.24. The van der Waals surface area contributed by atoms with Crippen molar-refractivity contribution in [3.8, 4) is 5.75 Å². The fourth-order valence-corrected chi connectivity index (χ4v) is 3.03. The summed E-state index contributed by atoms with van der Waals surface area (Å²) in [6.45, 7) is 2.55. The van der Waals surface area contributed by atoms with Gasteiger partial charge in [-0.15, -0.1) is 0 Å². The minimum Gasteiger partial charge on any atom is -0.496 e. The van der Waals surface area contributed by atoms with Crippen LogP contribution in [0.5, 0.6) is 5.75 Å². The minimum absolute atomic E-state index is 0.00729. The van der Waals surface area contributed by atoms with Crippen LogP contribution in [0, 0.1) is 6.92 Å².